The molecular weight excluding hydrogens is 174 g/mol. The summed E-state index contributed by atoms with van der Waals surface area (Å²) in [6, 6.07) is 0. The highest BCUT2D eigenvalue weighted by Crippen LogP contribution is 1.94. The number of aliphatic hydroxyl groups excluding tert-OH is 1. The Morgan fingerprint density at radius 3 is 2.46 bits per heavy atom. The molecule has 0 bridgehead atoms. The molecule has 13 heavy (non-hydrogen) atoms. The zero-order chi connectivity index (χ0) is 10.3. The van der Waals surface area contributed by atoms with Gasteiger partial charge in [-0.3, -0.25) is 9.59 Å². The minimum atomic E-state index is -1.17. The molecule has 0 aliphatic heterocycles. The van der Waals surface area contributed by atoms with Crippen LogP contribution in [0.1, 0.15) is 6.42 Å². The summed E-state index contributed by atoms with van der Waals surface area (Å²) in [4.78, 5) is 22.5. The van der Waals surface area contributed by atoms with Crippen molar-refractivity contribution < 1.29 is 19.8 Å². The van der Waals surface area contributed by atoms with E-state index in [1.165, 1.54) is 11.0 Å². The summed E-state index contributed by atoms with van der Waals surface area (Å²) in [7, 11) is 0. The van der Waals surface area contributed by atoms with Gasteiger partial charge < -0.3 is 15.1 Å². The van der Waals surface area contributed by atoms with Crippen LogP contribution in [0.4, 0.5) is 0 Å². The van der Waals surface area contributed by atoms with Crippen molar-refractivity contribution in [2.45, 2.75) is 6.42 Å². The van der Waals surface area contributed by atoms with Gasteiger partial charge >= 0.3 is 5.97 Å². The summed E-state index contributed by atoms with van der Waals surface area (Å²) in [5.74, 6) is -1.68. The van der Waals surface area contributed by atoms with E-state index in [0.717, 1.165) is 0 Å². The van der Waals surface area contributed by atoms with Crippen molar-refractivity contribution in [3.8, 4) is 0 Å². The predicted octanol–water partition coefficient (Wildman–Crippen LogP) is -0.532. The van der Waals surface area contributed by atoms with E-state index >= 15 is 0 Å². The molecule has 74 valence electrons. The Morgan fingerprint density at radius 2 is 2.08 bits per heavy atom. The number of aliphatic carboxylic acids is 1. The average Bonchev–Trinajstić information content (AvgIpc) is 2.02. The zero-order valence-corrected chi connectivity index (χ0v) is 7.27. The van der Waals surface area contributed by atoms with Crippen molar-refractivity contribution in [1.82, 2.24) is 4.90 Å². The molecule has 0 spiro atoms. The number of carboxylic acid groups (broad SMARTS) is 1. The van der Waals surface area contributed by atoms with E-state index in [9.17, 15) is 9.59 Å². The molecule has 0 unspecified atom stereocenters. The van der Waals surface area contributed by atoms with Crippen LogP contribution in [0.5, 0.6) is 0 Å². The van der Waals surface area contributed by atoms with E-state index in [1.807, 2.05) is 0 Å². The quantitative estimate of drug-likeness (QED) is 0.432. The molecule has 0 aromatic rings. The third-order valence-corrected chi connectivity index (χ3v) is 1.37. The molecular formula is C8H13NO4. The highest BCUT2D eigenvalue weighted by atomic mass is 16.4. The minimum absolute atomic E-state index is 0.137. The Bertz CT molecular complexity index is 202. The van der Waals surface area contributed by atoms with Crippen LogP contribution in [0, 0.1) is 0 Å². The molecule has 1 amide bonds. The third kappa shape index (κ3) is 4.97. The first kappa shape index (κ1) is 11.6. The first-order valence-electron chi connectivity index (χ1n) is 3.83. The number of carboxylic acids is 1. The zero-order valence-electron chi connectivity index (χ0n) is 7.27. The smallest absolute Gasteiger partial charge is 0.312 e. The largest absolute Gasteiger partial charge is 0.481 e. The summed E-state index contributed by atoms with van der Waals surface area (Å²) in [5, 5.41) is 16.9. The van der Waals surface area contributed by atoms with Gasteiger partial charge in [-0.1, -0.05) is 6.08 Å². The van der Waals surface area contributed by atoms with Crippen LogP contribution in [0.2, 0.25) is 0 Å². The Morgan fingerprint density at radius 1 is 1.46 bits per heavy atom. The molecule has 0 aromatic carbocycles. The van der Waals surface area contributed by atoms with Crippen LogP contribution in [0.15, 0.2) is 12.7 Å². The molecule has 0 saturated carbocycles. The normalized spacial score (nSPS) is 9.31. The van der Waals surface area contributed by atoms with Gasteiger partial charge in [0.1, 0.15) is 6.42 Å². The van der Waals surface area contributed by atoms with Gasteiger partial charge in [0.15, 0.2) is 0 Å². The molecule has 0 aliphatic rings. The first-order valence-corrected chi connectivity index (χ1v) is 3.83. The van der Waals surface area contributed by atoms with Gasteiger partial charge in [-0.25, -0.2) is 0 Å². The fraction of sp³-hybridized carbons (Fsp3) is 0.500. The lowest BCUT2D eigenvalue weighted by Crippen LogP contribution is -2.34. The first-order chi connectivity index (χ1) is 6.11. The maximum absolute atomic E-state index is 11.1. The summed E-state index contributed by atoms with van der Waals surface area (Å²) in [6.45, 7) is 3.63. The van der Waals surface area contributed by atoms with Crippen LogP contribution < -0.4 is 0 Å². The minimum Gasteiger partial charge on any atom is -0.481 e. The lowest BCUT2D eigenvalue weighted by molar-refractivity contribution is -0.144. The number of aliphatic hydroxyl groups is 1. The molecule has 0 rings (SSSR count). The Labute approximate surface area is 76.3 Å². The monoisotopic (exact) mass is 187 g/mol. The van der Waals surface area contributed by atoms with E-state index in [0.29, 0.717) is 0 Å². The molecule has 5 nitrogen and oxygen atoms in total. The Hall–Kier alpha value is -1.36. The second kappa shape index (κ2) is 6.19. The Balaban J connectivity index is 4.09. The van der Waals surface area contributed by atoms with Crippen molar-refractivity contribution in [2.75, 3.05) is 19.7 Å². The van der Waals surface area contributed by atoms with E-state index in [2.05, 4.69) is 6.58 Å². The van der Waals surface area contributed by atoms with Gasteiger partial charge in [-0.15, -0.1) is 6.58 Å². The third-order valence-electron chi connectivity index (χ3n) is 1.37. The molecule has 0 atom stereocenters. The van der Waals surface area contributed by atoms with Crippen LogP contribution >= 0.6 is 0 Å². The predicted molar refractivity (Wildman–Crippen MR) is 46.1 cm³/mol. The fourth-order valence-electron chi connectivity index (χ4n) is 0.836. The highest BCUT2D eigenvalue weighted by molar-refractivity contribution is 5.93. The maximum atomic E-state index is 11.1. The summed E-state index contributed by atoms with van der Waals surface area (Å²) in [6.07, 6.45) is 0.934. The number of rotatable bonds is 6. The number of carbonyl (C=O) groups is 2. The van der Waals surface area contributed by atoms with E-state index in [1.54, 1.807) is 0 Å². The molecule has 0 saturated heterocycles. The fourth-order valence-corrected chi connectivity index (χ4v) is 0.836. The maximum Gasteiger partial charge on any atom is 0.312 e. The van der Waals surface area contributed by atoms with E-state index < -0.39 is 18.3 Å². The van der Waals surface area contributed by atoms with Gasteiger partial charge in [0, 0.05) is 13.1 Å². The standard InChI is InChI=1S/C8H13NO4/c1-2-3-9(4-5-10)7(11)6-8(12)13/h2,10H,1,3-6H2,(H,12,13). The topological polar surface area (TPSA) is 77.8 Å². The van der Waals surface area contributed by atoms with Crippen molar-refractivity contribution in [2.24, 2.45) is 0 Å². The average molecular weight is 187 g/mol. The molecule has 5 heteroatoms. The number of hydrogen-bond donors (Lipinski definition) is 2. The molecule has 0 aromatic heterocycles. The van der Waals surface area contributed by atoms with Gasteiger partial charge in [0.05, 0.1) is 6.61 Å². The summed E-state index contributed by atoms with van der Waals surface area (Å²) >= 11 is 0. The highest BCUT2D eigenvalue weighted by Gasteiger charge is 2.14. The lowest BCUT2D eigenvalue weighted by Gasteiger charge is -2.18. The van der Waals surface area contributed by atoms with Crippen LogP contribution in [0.25, 0.3) is 0 Å². The van der Waals surface area contributed by atoms with Gasteiger partial charge in [-0.05, 0) is 0 Å². The number of nitrogens with zero attached hydrogens (tertiary/aromatic N) is 1. The van der Waals surface area contributed by atoms with Crippen molar-refractivity contribution >= 4 is 11.9 Å². The summed E-state index contributed by atoms with van der Waals surface area (Å²) < 4.78 is 0. The van der Waals surface area contributed by atoms with Crippen LogP contribution in [0.3, 0.4) is 0 Å². The number of carbonyl (C=O) groups excluding carboxylic acids is 1. The molecule has 0 aliphatic carbocycles. The molecule has 2 N–H and O–H groups in total. The van der Waals surface area contributed by atoms with Gasteiger partial charge in [-0.2, -0.15) is 0 Å². The van der Waals surface area contributed by atoms with Crippen LogP contribution in [-0.2, 0) is 9.59 Å². The lowest BCUT2D eigenvalue weighted by atomic mass is 10.3. The molecule has 0 radical (unpaired) electrons. The number of hydrogen-bond acceptors (Lipinski definition) is 3. The SMILES string of the molecule is C=CCN(CCO)C(=O)CC(=O)O. The van der Waals surface area contributed by atoms with Crippen molar-refractivity contribution in [1.29, 1.82) is 0 Å². The van der Waals surface area contributed by atoms with E-state index in [-0.39, 0.29) is 19.7 Å². The van der Waals surface area contributed by atoms with Crippen LogP contribution in [-0.4, -0.2) is 46.7 Å². The van der Waals surface area contributed by atoms with Gasteiger partial charge in [0.2, 0.25) is 5.91 Å². The number of amides is 1. The van der Waals surface area contributed by atoms with Gasteiger partial charge in [0.25, 0.3) is 0 Å². The summed E-state index contributed by atoms with van der Waals surface area (Å²) in [5.41, 5.74) is 0. The second-order valence-electron chi connectivity index (χ2n) is 2.42. The Kier molecular flexibility index (Phi) is 5.54. The van der Waals surface area contributed by atoms with Crippen molar-refractivity contribution in [3.63, 3.8) is 0 Å². The second-order valence-corrected chi connectivity index (χ2v) is 2.42. The molecule has 0 fully saturated rings. The molecule has 0 heterocycles. The van der Waals surface area contributed by atoms with E-state index in [4.69, 9.17) is 10.2 Å². The van der Waals surface area contributed by atoms with Crippen molar-refractivity contribution in [3.05, 3.63) is 12.7 Å².